The van der Waals surface area contributed by atoms with Gasteiger partial charge in [-0.2, -0.15) is 0 Å². The molecule has 4 rings (SSSR count). The van der Waals surface area contributed by atoms with Gasteiger partial charge in [0, 0.05) is 11.7 Å². The molecule has 0 spiro atoms. The number of hydrogen-bond acceptors (Lipinski definition) is 3. The molecular weight excluding hydrogens is 431 g/mol. The summed E-state index contributed by atoms with van der Waals surface area (Å²) in [6.07, 6.45) is 5.32. The lowest BCUT2D eigenvalue weighted by Crippen LogP contribution is -2.46. The topological polar surface area (TPSA) is 62.6 Å². The van der Waals surface area contributed by atoms with E-state index in [1.54, 1.807) is 6.07 Å². The number of benzene rings is 2. The highest BCUT2D eigenvalue weighted by molar-refractivity contribution is 6.31. The summed E-state index contributed by atoms with van der Waals surface area (Å²) < 4.78 is 19.2. The molecule has 1 atom stereocenters. The molecule has 32 heavy (non-hydrogen) atoms. The maximum absolute atomic E-state index is 13.9. The standard InChI is InChI=1S/C25H24ClFN2O3/c1-16-8-10-17(11-9-16)23(24(30)28-18-5-2-3-6-18)29(25(31)22-7-4-14-32-22)19-12-13-21(27)20(26)15-19/h4,7-15,18,23H,2-3,5-6H2,1H3,(H,28,30)/t23-/m0/s1. The molecule has 2 aromatic carbocycles. The highest BCUT2D eigenvalue weighted by Gasteiger charge is 2.36. The van der Waals surface area contributed by atoms with Crippen LogP contribution < -0.4 is 10.2 Å². The third kappa shape index (κ3) is 4.70. The molecule has 1 aromatic heterocycles. The third-order valence-corrected chi connectivity index (χ3v) is 6.02. The number of halogens is 2. The maximum atomic E-state index is 13.9. The van der Waals surface area contributed by atoms with Gasteiger partial charge in [-0.05, 0) is 55.7 Å². The number of amides is 2. The fraction of sp³-hybridized carbons (Fsp3) is 0.280. The van der Waals surface area contributed by atoms with Gasteiger partial charge >= 0.3 is 0 Å². The first kappa shape index (κ1) is 22.1. The van der Waals surface area contributed by atoms with Crippen LogP contribution in [0.5, 0.6) is 0 Å². The number of rotatable bonds is 6. The molecule has 0 unspecified atom stereocenters. The van der Waals surface area contributed by atoms with Gasteiger partial charge in [0.25, 0.3) is 5.91 Å². The molecule has 1 N–H and O–H groups in total. The maximum Gasteiger partial charge on any atom is 0.294 e. The molecule has 0 bridgehead atoms. The van der Waals surface area contributed by atoms with Gasteiger partial charge in [0.15, 0.2) is 5.76 Å². The highest BCUT2D eigenvalue weighted by atomic mass is 35.5. The Morgan fingerprint density at radius 1 is 1.12 bits per heavy atom. The van der Waals surface area contributed by atoms with Crippen molar-refractivity contribution in [3.05, 3.63) is 88.6 Å². The number of nitrogens with one attached hydrogen (secondary N) is 1. The molecule has 7 heteroatoms. The Labute approximate surface area is 191 Å². The van der Waals surface area contributed by atoms with E-state index in [-0.39, 0.29) is 22.7 Å². The fourth-order valence-electron chi connectivity index (χ4n) is 4.05. The number of carbonyl (C=O) groups excluding carboxylic acids is 2. The number of carbonyl (C=O) groups is 2. The smallest absolute Gasteiger partial charge is 0.294 e. The third-order valence-electron chi connectivity index (χ3n) is 5.73. The molecule has 166 valence electrons. The predicted molar refractivity (Wildman–Crippen MR) is 121 cm³/mol. The number of nitrogens with zero attached hydrogens (tertiary/aromatic N) is 1. The van der Waals surface area contributed by atoms with E-state index in [0.717, 1.165) is 31.2 Å². The fourth-order valence-corrected chi connectivity index (χ4v) is 4.23. The molecule has 3 aromatic rings. The lowest BCUT2D eigenvalue weighted by molar-refractivity contribution is -0.123. The molecule has 0 aliphatic heterocycles. The monoisotopic (exact) mass is 454 g/mol. The van der Waals surface area contributed by atoms with Crippen LogP contribution in [0.3, 0.4) is 0 Å². The summed E-state index contributed by atoms with van der Waals surface area (Å²) in [4.78, 5) is 28.4. The van der Waals surface area contributed by atoms with Crippen LogP contribution in [0.15, 0.2) is 65.3 Å². The quantitative estimate of drug-likeness (QED) is 0.510. The Hall–Kier alpha value is -3.12. The summed E-state index contributed by atoms with van der Waals surface area (Å²) in [5.74, 6) is -1.37. The molecule has 5 nitrogen and oxygen atoms in total. The Balaban J connectivity index is 1.82. The van der Waals surface area contributed by atoms with Crippen molar-refractivity contribution in [2.24, 2.45) is 0 Å². The first-order valence-corrected chi connectivity index (χ1v) is 11.0. The van der Waals surface area contributed by atoms with Gasteiger partial charge in [-0.1, -0.05) is 54.3 Å². The van der Waals surface area contributed by atoms with Crippen molar-refractivity contribution < 1.29 is 18.4 Å². The molecule has 1 aliphatic carbocycles. The van der Waals surface area contributed by atoms with Gasteiger partial charge in [-0.25, -0.2) is 4.39 Å². The zero-order valence-electron chi connectivity index (χ0n) is 17.7. The second kappa shape index (κ2) is 9.57. The molecule has 0 saturated heterocycles. The van der Waals surface area contributed by atoms with Gasteiger partial charge < -0.3 is 9.73 Å². The summed E-state index contributed by atoms with van der Waals surface area (Å²) in [5.41, 5.74) is 1.95. The van der Waals surface area contributed by atoms with Gasteiger partial charge in [0.2, 0.25) is 5.91 Å². The van der Waals surface area contributed by atoms with Crippen LogP contribution >= 0.6 is 11.6 Å². The van der Waals surface area contributed by atoms with Crippen LogP contribution in [0.1, 0.15) is 53.4 Å². The molecule has 1 saturated carbocycles. The number of furan rings is 1. The van der Waals surface area contributed by atoms with Crippen LogP contribution in [-0.2, 0) is 4.79 Å². The second-order valence-electron chi connectivity index (χ2n) is 8.05. The summed E-state index contributed by atoms with van der Waals surface area (Å²) in [6.45, 7) is 1.95. The first-order chi connectivity index (χ1) is 15.4. The van der Waals surface area contributed by atoms with Gasteiger partial charge in [-0.3, -0.25) is 14.5 Å². The van der Waals surface area contributed by atoms with Crippen molar-refractivity contribution >= 4 is 29.1 Å². The largest absolute Gasteiger partial charge is 0.459 e. The van der Waals surface area contributed by atoms with Crippen molar-refractivity contribution in [1.82, 2.24) is 5.32 Å². The highest BCUT2D eigenvalue weighted by Crippen LogP contribution is 2.33. The summed E-state index contributed by atoms with van der Waals surface area (Å²) >= 11 is 6.04. The molecule has 0 radical (unpaired) electrons. The van der Waals surface area contributed by atoms with E-state index < -0.39 is 17.8 Å². The number of aryl methyl sites for hydroxylation is 1. The minimum Gasteiger partial charge on any atom is -0.459 e. The van der Waals surface area contributed by atoms with Gasteiger partial charge in [0.1, 0.15) is 11.9 Å². The van der Waals surface area contributed by atoms with E-state index in [4.69, 9.17) is 16.0 Å². The molecule has 1 aliphatic rings. The van der Waals surface area contributed by atoms with Crippen molar-refractivity contribution in [2.75, 3.05) is 4.90 Å². The van der Waals surface area contributed by atoms with E-state index in [9.17, 15) is 14.0 Å². The normalized spacial score (nSPS) is 14.8. The molecule has 1 fully saturated rings. The minimum atomic E-state index is -0.990. The van der Waals surface area contributed by atoms with Crippen LogP contribution in [0, 0.1) is 12.7 Å². The van der Waals surface area contributed by atoms with Crippen LogP contribution in [0.2, 0.25) is 5.02 Å². The summed E-state index contributed by atoms with van der Waals surface area (Å²) in [5, 5.41) is 2.96. The predicted octanol–water partition coefficient (Wildman–Crippen LogP) is 5.83. The number of anilines is 1. The van der Waals surface area contributed by atoms with Crippen LogP contribution in [-0.4, -0.2) is 17.9 Å². The zero-order chi connectivity index (χ0) is 22.7. The van der Waals surface area contributed by atoms with E-state index in [1.807, 2.05) is 31.2 Å². The van der Waals surface area contributed by atoms with Crippen molar-refractivity contribution in [3.8, 4) is 0 Å². The van der Waals surface area contributed by atoms with Gasteiger partial charge in [0.05, 0.1) is 11.3 Å². The average Bonchev–Trinajstić information content (AvgIpc) is 3.49. The minimum absolute atomic E-state index is 0.0628. The van der Waals surface area contributed by atoms with Crippen molar-refractivity contribution in [1.29, 1.82) is 0 Å². The van der Waals surface area contributed by atoms with E-state index in [1.165, 1.54) is 35.4 Å². The second-order valence-corrected chi connectivity index (χ2v) is 8.46. The Bertz CT molecular complexity index is 1090. The zero-order valence-corrected chi connectivity index (χ0v) is 18.4. The van der Waals surface area contributed by atoms with E-state index in [2.05, 4.69) is 5.32 Å². The van der Waals surface area contributed by atoms with Crippen LogP contribution in [0.4, 0.5) is 10.1 Å². The molecular formula is C25H24ClFN2O3. The SMILES string of the molecule is Cc1ccc([C@@H](C(=O)NC2CCCC2)N(C(=O)c2ccco2)c2ccc(F)c(Cl)c2)cc1. The Morgan fingerprint density at radius 2 is 1.84 bits per heavy atom. The average molecular weight is 455 g/mol. The van der Waals surface area contributed by atoms with E-state index in [0.29, 0.717) is 11.3 Å². The summed E-state index contributed by atoms with van der Waals surface area (Å²) in [7, 11) is 0. The first-order valence-electron chi connectivity index (χ1n) is 10.6. The van der Waals surface area contributed by atoms with Crippen molar-refractivity contribution in [3.63, 3.8) is 0 Å². The van der Waals surface area contributed by atoms with Crippen LogP contribution in [0.25, 0.3) is 0 Å². The van der Waals surface area contributed by atoms with Crippen molar-refractivity contribution in [2.45, 2.75) is 44.7 Å². The lowest BCUT2D eigenvalue weighted by atomic mass is 10.0. The molecule has 1 heterocycles. The Morgan fingerprint density at radius 3 is 2.47 bits per heavy atom. The summed E-state index contributed by atoms with van der Waals surface area (Å²) in [6, 6.07) is 13.6. The molecule has 2 amide bonds. The Kier molecular flexibility index (Phi) is 6.61. The van der Waals surface area contributed by atoms with Gasteiger partial charge in [-0.15, -0.1) is 0 Å². The number of hydrogen-bond donors (Lipinski definition) is 1. The van der Waals surface area contributed by atoms with E-state index >= 15 is 0 Å². The lowest BCUT2D eigenvalue weighted by Gasteiger charge is -2.32.